The van der Waals surface area contributed by atoms with Gasteiger partial charge in [-0.2, -0.15) is 0 Å². The SMILES string of the molecule is O=C1COc2ccc(Br)cc2N1C[B-](F)(F)F. The summed E-state index contributed by atoms with van der Waals surface area (Å²) in [7, 11) is 0. The molecule has 92 valence electrons. The van der Waals surface area contributed by atoms with E-state index in [9.17, 15) is 17.7 Å². The van der Waals surface area contributed by atoms with Crippen LogP contribution in [0.4, 0.5) is 18.6 Å². The highest BCUT2D eigenvalue weighted by molar-refractivity contribution is 9.10. The number of nitrogens with zero attached hydrogens (tertiary/aromatic N) is 1. The lowest BCUT2D eigenvalue weighted by Gasteiger charge is -2.33. The maximum atomic E-state index is 12.4. The van der Waals surface area contributed by atoms with Gasteiger partial charge in [-0.25, -0.2) is 0 Å². The molecule has 0 unspecified atom stereocenters. The van der Waals surface area contributed by atoms with Crippen molar-refractivity contribution in [2.45, 2.75) is 0 Å². The summed E-state index contributed by atoms with van der Waals surface area (Å²) in [5, 5.41) is 0. The molecule has 1 aliphatic heterocycles. The average molecular weight is 309 g/mol. The number of carbonyl (C=O) groups is 1. The van der Waals surface area contributed by atoms with Crippen LogP contribution in [0.5, 0.6) is 5.75 Å². The van der Waals surface area contributed by atoms with Crippen molar-refractivity contribution < 1.29 is 22.5 Å². The van der Waals surface area contributed by atoms with Gasteiger partial charge in [0.15, 0.2) is 6.61 Å². The molecule has 1 aliphatic rings. The third-order valence-electron chi connectivity index (χ3n) is 2.25. The Morgan fingerprint density at radius 2 is 2.12 bits per heavy atom. The molecule has 0 fully saturated rings. The van der Waals surface area contributed by atoms with E-state index in [0.29, 0.717) is 9.37 Å². The topological polar surface area (TPSA) is 29.5 Å². The van der Waals surface area contributed by atoms with Crippen LogP contribution in [0.15, 0.2) is 22.7 Å². The van der Waals surface area contributed by atoms with Gasteiger partial charge in [-0.15, -0.1) is 0 Å². The van der Waals surface area contributed by atoms with E-state index in [4.69, 9.17) is 4.74 Å². The van der Waals surface area contributed by atoms with E-state index in [1.165, 1.54) is 12.1 Å². The lowest BCUT2D eigenvalue weighted by Crippen LogP contribution is -2.46. The van der Waals surface area contributed by atoms with Crippen LogP contribution in [0.3, 0.4) is 0 Å². The molecule has 0 spiro atoms. The van der Waals surface area contributed by atoms with Crippen LogP contribution in [0.1, 0.15) is 0 Å². The molecule has 0 radical (unpaired) electrons. The van der Waals surface area contributed by atoms with Crippen LogP contribution in [0, 0.1) is 0 Å². The Labute approximate surface area is 104 Å². The standard InChI is InChI=1S/C9H7BBrF3NO2/c11-6-1-2-8-7(3-6)15(5-10(12,13)14)9(16)4-17-8/h1-3H,4-5H2/q-1. The summed E-state index contributed by atoms with van der Waals surface area (Å²) in [5.74, 6) is -0.400. The summed E-state index contributed by atoms with van der Waals surface area (Å²) in [6, 6.07) is 4.61. The molecule has 0 bridgehead atoms. The zero-order chi connectivity index (χ0) is 12.6. The zero-order valence-corrected chi connectivity index (χ0v) is 10.1. The van der Waals surface area contributed by atoms with Gasteiger partial charge in [0, 0.05) is 4.47 Å². The second kappa shape index (κ2) is 4.25. The fraction of sp³-hybridized carbons (Fsp3) is 0.222. The molecule has 0 aromatic heterocycles. The molecule has 0 saturated carbocycles. The van der Waals surface area contributed by atoms with Gasteiger partial charge in [-0.1, -0.05) is 15.9 Å². The molecule has 17 heavy (non-hydrogen) atoms. The predicted molar refractivity (Wildman–Crippen MR) is 61.1 cm³/mol. The molecule has 0 aliphatic carbocycles. The quantitative estimate of drug-likeness (QED) is 0.786. The van der Waals surface area contributed by atoms with Crippen molar-refractivity contribution in [2.24, 2.45) is 0 Å². The molecule has 1 aromatic carbocycles. The molecular formula is C9H7BBrF3NO2-. The van der Waals surface area contributed by atoms with Gasteiger partial charge in [0.1, 0.15) is 5.75 Å². The summed E-state index contributed by atoms with van der Waals surface area (Å²) in [6.45, 7) is -5.43. The van der Waals surface area contributed by atoms with Crippen molar-refractivity contribution in [1.29, 1.82) is 0 Å². The van der Waals surface area contributed by atoms with E-state index in [-0.39, 0.29) is 18.0 Å². The lowest BCUT2D eigenvalue weighted by atomic mass is 9.90. The largest absolute Gasteiger partial charge is 0.497 e. The highest BCUT2D eigenvalue weighted by Crippen LogP contribution is 2.35. The number of ether oxygens (including phenoxy) is 1. The zero-order valence-electron chi connectivity index (χ0n) is 8.50. The Morgan fingerprint density at radius 3 is 2.76 bits per heavy atom. The van der Waals surface area contributed by atoms with Gasteiger partial charge >= 0.3 is 6.98 Å². The maximum absolute atomic E-state index is 12.4. The number of anilines is 1. The molecule has 2 rings (SSSR count). The second-order valence-electron chi connectivity index (χ2n) is 3.62. The summed E-state index contributed by atoms with van der Waals surface area (Å²) in [6.07, 6.45) is -1.24. The van der Waals surface area contributed by atoms with Gasteiger partial charge in [-0.3, -0.25) is 4.79 Å². The summed E-state index contributed by atoms with van der Waals surface area (Å²) in [5.41, 5.74) is 0.148. The van der Waals surface area contributed by atoms with Gasteiger partial charge in [0.05, 0.1) is 5.69 Å². The first-order valence-corrected chi connectivity index (χ1v) is 5.60. The van der Waals surface area contributed by atoms with Crippen molar-refractivity contribution >= 4 is 34.5 Å². The smallest absolute Gasteiger partial charge is 0.482 e. The van der Waals surface area contributed by atoms with Crippen LogP contribution < -0.4 is 9.64 Å². The van der Waals surface area contributed by atoms with Gasteiger partial charge in [-0.05, 0) is 24.6 Å². The number of amides is 1. The number of hydrogen-bond acceptors (Lipinski definition) is 2. The minimum Gasteiger partial charge on any atom is -0.482 e. The van der Waals surface area contributed by atoms with Gasteiger partial charge < -0.3 is 22.6 Å². The fourth-order valence-corrected chi connectivity index (χ4v) is 1.93. The third-order valence-corrected chi connectivity index (χ3v) is 2.75. The van der Waals surface area contributed by atoms with Crippen molar-refractivity contribution in [3.05, 3.63) is 22.7 Å². The van der Waals surface area contributed by atoms with E-state index in [0.717, 1.165) is 0 Å². The first-order valence-electron chi connectivity index (χ1n) is 4.80. The minimum absolute atomic E-state index is 0.148. The normalized spacial score (nSPS) is 15.5. The molecule has 1 amide bonds. The Morgan fingerprint density at radius 1 is 1.41 bits per heavy atom. The summed E-state index contributed by atoms with van der Waals surface area (Å²) in [4.78, 5) is 12.2. The molecule has 1 heterocycles. The van der Waals surface area contributed by atoms with Gasteiger partial charge in [0.25, 0.3) is 5.91 Å². The Bertz CT molecular complexity index is 466. The number of rotatable bonds is 2. The number of fused-ring (bicyclic) bond motifs is 1. The van der Waals surface area contributed by atoms with Crippen LogP contribution in [-0.2, 0) is 4.79 Å². The molecule has 1 aromatic rings. The Kier molecular flexibility index (Phi) is 3.07. The summed E-state index contributed by atoms with van der Waals surface area (Å²) >= 11 is 3.15. The number of benzene rings is 1. The minimum atomic E-state index is -5.07. The Hall–Kier alpha value is -1.18. The van der Waals surface area contributed by atoms with Crippen LogP contribution in [0.2, 0.25) is 0 Å². The molecule has 0 atom stereocenters. The Balaban J connectivity index is 2.39. The molecule has 0 saturated heterocycles. The van der Waals surface area contributed by atoms with Crippen molar-refractivity contribution in [1.82, 2.24) is 0 Å². The number of hydrogen-bond donors (Lipinski definition) is 0. The van der Waals surface area contributed by atoms with Gasteiger partial charge in [0.2, 0.25) is 0 Å². The predicted octanol–water partition coefficient (Wildman–Crippen LogP) is 2.56. The summed E-state index contributed by atoms with van der Waals surface area (Å²) < 4.78 is 42.9. The van der Waals surface area contributed by atoms with Crippen molar-refractivity contribution in [3.8, 4) is 5.75 Å². The molecular weight excluding hydrogens is 302 g/mol. The second-order valence-corrected chi connectivity index (χ2v) is 4.53. The highest BCUT2D eigenvalue weighted by atomic mass is 79.9. The first-order chi connectivity index (χ1) is 7.87. The molecule has 8 heteroatoms. The van der Waals surface area contributed by atoms with E-state index >= 15 is 0 Å². The third kappa shape index (κ3) is 2.74. The monoisotopic (exact) mass is 308 g/mol. The first kappa shape index (κ1) is 12.3. The van der Waals surface area contributed by atoms with E-state index in [1.807, 2.05) is 0 Å². The van der Waals surface area contributed by atoms with Crippen LogP contribution in [-0.4, -0.2) is 25.9 Å². The lowest BCUT2D eigenvalue weighted by molar-refractivity contribution is -0.121. The van der Waals surface area contributed by atoms with E-state index < -0.39 is 19.3 Å². The van der Waals surface area contributed by atoms with Crippen molar-refractivity contribution in [3.63, 3.8) is 0 Å². The van der Waals surface area contributed by atoms with Crippen molar-refractivity contribution in [2.75, 3.05) is 18.0 Å². The highest BCUT2D eigenvalue weighted by Gasteiger charge is 2.33. The number of halogens is 4. The average Bonchev–Trinajstić information content (AvgIpc) is 2.21. The molecule has 0 N–H and O–H groups in total. The fourth-order valence-electron chi connectivity index (χ4n) is 1.58. The maximum Gasteiger partial charge on any atom is 0.497 e. The number of carbonyl (C=O) groups excluding carboxylic acids is 1. The van der Waals surface area contributed by atoms with Crippen LogP contribution >= 0.6 is 15.9 Å². The van der Waals surface area contributed by atoms with E-state index in [2.05, 4.69) is 15.9 Å². The van der Waals surface area contributed by atoms with E-state index in [1.54, 1.807) is 6.07 Å². The van der Waals surface area contributed by atoms with Crippen LogP contribution in [0.25, 0.3) is 0 Å². The molecule has 3 nitrogen and oxygen atoms in total.